The summed E-state index contributed by atoms with van der Waals surface area (Å²) in [6, 6.07) is 49.7. The Balaban J connectivity index is 1.33. The first-order valence-corrected chi connectivity index (χ1v) is 14.2. The fourth-order valence-electron chi connectivity index (χ4n) is 5.07. The maximum atomic E-state index is 5.38. The van der Waals surface area contributed by atoms with Crippen LogP contribution >= 0.6 is 0 Å². The molecule has 0 amide bonds. The average molecular weight is 561 g/mol. The quantitative estimate of drug-likeness (QED) is 0.100. The number of para-hydroxylation sites is 1. The zero-order chi connectivity index (χ0) is 29.4. The monoisotopic (exact) mass is 560 g/mol. The van der Waals surface area contributed by atoms with Gasteiger partial charge in [0.05, 0.1) is 31.8 Å². The topological polar surface area (TPSA) is 34.1 Å². The summed E-state index contributed by atoms with van der Waals surface area (Å²) < 4.78 is 10.8. The fraction of sp³-hybridized carbons (Fsp3) is 0.0513. The van der Waals surface area contributed by atoms with Gasteiger partial charge >= 0.3 is 0 Å². The van der Waals surface area contributed by atoms with Crippen LogP contribution in [0.2, 0.25) is 0 Å². The molecule has 0 spiro atoms. The van der Waals surface area contributed by atoms with E-state index >= 15 is 0 Å². The van der Waals surface area contributed by atoms with E-state index < -0.39 is 0 Å². The van der Waals surface area contributed by atoms with Crippen LogP contribution in [0, 0.1) is 0 Å². The van der Waals surface area contributed by atoms with Crippen molar-refractivity contribution in [1.82, 2.24) is 0 Å². The molecular weight excluding hydrogens is 528 g/mol. The molecule has 0 unspecified atom stereocenters. The van der Waals surface area contributed by atoms with Crippen LogP contribution in [0.1, 0.15) is 22.3 Å². The second-order valence-electron chi connectivity index (χ2n) is 10.1. The van der Waals surface area contributed by atoms with E-state index in [1.807, 2.05) is 53.7 Å². The predicted molar refractivity (Wildman–Crippen MR) is 180 cm³/mol. The molecule has 0 saturated carbocycles. The highest BCUT2D eigenvalue weighted by Gasteiger charge is 2.11. The van der Waals surface area contributed by atoms with Gasteiger partial charge in [-0.1, -0.05) is 103 Å². The first-order valence-electron chi connectivity index (χ1n) is 14.2. The summed E-state index contributed by atoms with van der Waals surface area (Å²) in [5, 5.41) is 9.30. The Hall–Kier alpha value is -5.61. The Bertz CT molecular complexity index is 1800. The third kappa shape index (κ3) is 6.34. The Labute approximate surface area is 252 Å². The van der Waals surface area contributed by atoms with Crippen LogP contribution < -0.4 is 14.5 Å². The van der Waals surface area contributed by atoms with Crippen LogP contribution in [0.15, 0.2) is 151 Å². The van der Waals surface area contributed by atoms with Gasteiger partial charge < -0.3 is 9.47 Å². The number of fused-ring (bicyclic) bond motifs is 1. The van der Waals surface area contributed by atoms with E-state index in [2.05, 4.69) is 109 Å². The van der Waals surface area contributed by atoms with Crippen LogP contribution in [0.3, 0.4) is 0 Å². The minimum atomic E-state index is 0.828. The molecule has 0 saturated heterocycles. The van der Waals surface area contributed by atoms with Crippen LogP contribution in [0.25, 0.3) is 22.4 Å². The van der Waals surface area contributed by atoms with Crippen molar-refractivity contribution in [3.05, 3.63) is 168 Å². The molecule has 6 aromatic rings. The van der Waals surface area contributed by atoms with Gasteiger partial charge in [0, 0.05) is 5.39 Å². The van der Waals surface area contributed by atoms with E-state index in [1.165, 1.54) is 5.39 Å². The van der Waals surface area contributed by atoms with Gasteiger partial charge in [-0.2, -0.15) is 5.10 Å². The molecule has 0 fully saturated rings. The largest absolute Gasteiger partial charge is 0.497 e. The zero-order valence-electron chi connectivity index (χ0n) is 24.2. The normalized spacial score (nSPS) is 10.9. The van der Waals surface area contributed by atoms with E-state index in [0.717, 1.165) is 56.1 Å². The summed E-state index contributed by atoms with van der Waals surface area (Å²) >= 11 is 0. The van der Waals surface area contributed by atoms with Crippen molar-refractivity contribution < 1.29 is 9.47 Å². The third-order valence-corrected chi connectivity index (χ3v) is 7.37. The van der Waals surface area contributed by atoms with Crippen LogP contribution in [0.4, 0.5) is 11.4 Å². The first-order chi connectivity index (χ1) is 21.2. The molecule has 0 aromatic heterocycles. The molecule has 0 aliphatic heterocycles. The molecule has 6 rings (SSSR count). The molecule has 210 valence electrons. The van der Waals surface area contributed by atoms with E-state index in [1.54, 1.807) is 14.2 Å². The summed E-state index contributed by atoms with van der Waals surface area (Å²) in [5.74, 6) is 1.66. The molecule has 0 atom stereocenters. The van der Waals surface area contributed by atoms with Gasteiger partial charge in [-0.3, -0.25) is 0 Å². The maximum absolute atomic E-state index is 5.38. The summed E-state index contributed by atoms with van der Waals surface area (Å²) in [5.41, 5.74) is 7.44. The van der Waals surface area contributed by atoms with Gasteiger partial charge in [0.1, 0.15) is 11.5 Å². The van der Waals surface area contributed by atoms with Gasteiger partial charge in [-0.05, 0) is 81.8 Å². The highest BCUT2D eigenvalue weighted by atomic mass is 16.5. The third-order valence-electron chi connectivity index (χ3n) is 7.37. The second kappa shape index (κ2) is 12.9. The lowest BCUT2D eigenvalue weighted by atomic mass is 9.95. The van der Waals surface area contributed by atoms with Gasteiger partial charge in [-0.15, -0.1) is 0 Å². The van der Waals surface area contributed by atoms with Gasteiger partial charge in [0.2, 0.25) is 0 Å². The Morgan fingerprint density at radius 3 is 1.74 bits per heavy atom. The smallest absolute Gasteiger partial charge is 0.118 e. The number of hydrogen-bond acceptors (Lipinski definition) is 4. The van der Waals surface area contributed by atoms with Gasteiger partial charge in [0.15, 0.2) is 0 Å². The highest BCUT2D eigenvalue weighted by Crippen LogP contribution is 2.33. The molecule has 43 heavy (non-hydrogen) atoms. The number of rotatable bonds is 9. The SMILES string of the molecule is COc1ccc(C(=Cc2ccc(/C=N/N(c3ccccc3)c3cccc4ccccc34)cc2)c2ccc(OC)cc2)cc1. The van der Waals surface area contributed by atoms with Crippen molar-refractivity contribution in [2.75, 3.05) is 19.2 Å². The van der Waals surface area contributed by atoms with E-state index in [0.29, 0.717) is 0 Å². The van der Waals surface area contributed by atoms with Crippen LogP contribution in [0.5, 0.6) is 11.5 Å². The molecule has 6 aromatic carbocycles. The fourth-order valence-corrected chi connectivity index (χ4v) is 5.07. The number of hydrazone groups is 1. The molecule has 0 aliphatic carbocycles. The summed E-state index contributed by atoms with van der Waals surface area (Å²) in [7, 11) is 3.36. The van der Waals surface area contributed by atoms with Crippen molar-refractivity contribution in [3.8, 4) is 11.5 Å². The highest BCUT2D eigenvalue weighted by molar-refractivity contribution is 5.97. The molecule has 4 heteroatoms. The van der Waals surface area contributed by atoms with Crippen molar-refractivity contribution in [1.29, 1.82) is 0 Å². The Morgan fingerprint density at radius 1 is 0.558 bits per heavy atom. The molecule has 0 bridgehead atoms. The average Bonchev–Trinajstić information content (AvgIpc) is 3.08. The van der Waals surface area contributed by atoms with Gasteiger partial charge in [0.25, 0.3) is 0 Å². The lowest BCUT2D eigenvalue weighted by Gasteiger charge is -2.21. The van der Waals surface area contributed by atoms with Crippen molar-refractivity contribution in [3.63, 3.8) is 0 Å². The van der Waals surface area contributed by atoms with Crippen LogP contribution in [-0.2, 0) is 0 Å². The second-order valence-corrected chi connectivity index (χ2v) is 10.1. The minimum absolute atomic E-state index is 0.828. The molecule has 4 nitrogen and oxygen atoms in total. The lowest BCUT2D eigenvalue weighted by Crippen LogP contribution is -2.10. The number of hydrogen-bond donors (Lipinski definition) is 0. The lowest BCUT2D eigenvalue weighted by molar-refractivity contribution is 0.414. The Morgan fingerprint density at radius 2 is 1.12 bits per heavy atom. The molecule has 0 radical (unpaired) electrons. The summed E-state index contributed by atoms with van der Waals surface area (Å²) in [4.78, 5) is 0. The van der Waals surface area contributed by atoms with E-state index in [9.17, 15) is 0 Å². The predicted octanol–water partition coefficient (Wildman–Crippen LogP) is 9.62. The van der Waals surface area contributed by atoms with Gasteiger partial charge in [-0.25, -0.2) is 5.01 Å². The Kier molecular flexibility index (Phi) is 8.28. The number of nitrogens with zero attached hydrogens (tertiary/aromatic N) is 2. The van der Waals surface area contributed by atoms with Crippen molar-refractivity contribution in [2.24, 2.45) is 5.10 Å². The number of benzene rings is 6. The number of ether oxygens (including phenoxy) is 2. The van der Waals surface area contributed by atoms with E-state index in [4.69, 9.17) is 14.6 Å². The summed E-state index contributed by atoms with van der Waals surface area (Å²) in [6.45, 7) is 0. The first kappa shape index (κ1) is 27.6. The van der Waals surface area contributed by atoms with E-state index in [-0.39, 0.29) is 0 Å². The van der Waals surface area contributed by atoms with Crippen molar-refractivity contribution >= 4 is 40.0 Å². The zero-order valence-corrected chi connectivity index (χ0v) is 24.2. The standard InChI is InChI=1S/C39H32N2O2/c1-42-35-23-19-32(20-24-35)38(33-21-25-36(43-2)26-22-33)27-29-15-17-30(18-16-29)28-40-41(34-11-4-3-5-12-34)39-14-8-10-31-9-6-7-13-37(31)39/h3-28H,1-2H3/b40-28+. The molecule has 0 N–H and O–H groups in total. The molecular formula is C39H32N2O2. The maximum Gasteiger partial charge on any atom is 0.118 e. The molecule has 0 heterocycles. The number of anilines is 2. The van der Waals surface area contributed by atoms with Crippen molar-refractivity contribution in [2.45, 2.75) is 0 Å². The van der Waals surface area contributed by atoms with Crippen LogP contribution in [-0.4, -0.2) is 20.4 Å². The number of methoxy groups -OCH3 is 2. The summed E-state index contributed by atoms with van der Waals surface area (Å²) in [6.07, 6.45) is 4.12. The molecule has 0 aliphatic rings. The minimum Gasteiger partial charge on any atom is -0.497 e.